The average Bonchev–Trinajstić information content (AvgIpc) is 2.58. The highest BCUT2D eigenvalue weighted by atomic mass is 16.2. The summed E-state index contributed by atoms with van der Waals surface area (Å²) in [4.78, 5) is 13.8. The van der Waals surface area contributed by atoms with Crippen molar-refractivity contribution < 1.29 is 4.79 Å². The Balaban J connectivity index is 1.91. The summed E-state index contributed by atoms with van der Waals surface area (Å²) in [5.74, 6) is 0.146. The lowest BCUT2D eigenvalue weighted by atomic mass is 10.1. The second kappa shape index (κ2) is 5.30. The van der Waals surface area contributed by atoms with Crippen molar-refractivity contribution in [2.24, 2.45) is 0 Å². The van der Waals surface area contributed by atoms with E-state index < -0.39 is 0 Å². The molecule has 0 saturated carbocycles. The Morgan fingerprint density at radius 2 is 2.06 bits per heavy atom. The lowest BCUT2D eigenvalue weighted by molar-refractivity contribution is -0.126. The average molecular weight is 220 g/mol. The number of hydrogen-bond acceptors (Lipinski definition) is 2. The zero-order valence-electron chi connectivity index (χ0n) is 9.86. The van der Waals surface area contributed by atoms with Crippen LogP contribution in [0.15, 0.2) is 24.3 Å². The van der Waals surface area contributed by atoms with Gasteiger partial charge in [0.1, 0.15) is 0 Å². The molecule has 0 aromatic heterocycles. The zero-order chi connectivity index (χ0) is 11.4. The second-order valence-electron chi connectivity index (χ2n) is 4.60. The van der Waals surface area contributed by atoms with E-state index in [2.05, 4.69) is 5.32 Å². The molecule has 3 heteroatoms. The fraction of sp³-hybridized carbons (Fsp3) is 0.615. The maximum atomic E-state index is 11.9. The molecule has 0 aliphatic carbocycles. The number of amides is 1. The third kappa shape index (κ3) is 2.73. The first-order valence-electron chi connectivity index (χ1n) is 6.14. The molecule has 2 bridgehead atoms. The fourth-order valence-corrected chi connectivity index (χ4v) is 2.50. The normalized spacial score (nSPS) is 30.2. The summed E-state index contributed by atoms with van der Waals surface area (Å²) in [6.45, 7) is 3.71. The molecule has 88 valence electrons. The van der Waals surface area contributed by atoms with Crippen LogP contribution in [-0.2, 0) is 4.79 Å². The van der Waals surface area contributed by atoms with Crippen molar-refractivity contribution in [2.45, 2.75) is 38.3 Å². The maximum Gasteiger partial charge on any atom is 0.246 e. The maximum absolute atomic E-state index is 11.9. The van der Waals surface area contributed by atoms with Crippen LogP contribution in [0.2, 0.25) is 0 Å². The van der Waals surface area contributed by atoms with Gasteiger partial charge in [0.15, 0.2) is 0 Å². The molecule has 2 aliphatic heterocycles. The summed E-state index contributed by atoms with van der Waals surface area (Å²) in [7, 11) is 0. The molecule has 2 saturated heterocycles. The van der Waals surface area contributed by atoms with Gasteiger partial charge in [-0.3, -0.25) is 4.79 Å². The number of carbonyl (C=O) groups is 1. The molecule has 2 unspecified atom stereocenters. The van der Waals surface area contributed by atoms with E-state index in [1.807, 2.05) is 30.1 Å². The van der Waals surface area contributed by atoms with Crippen LogP contribution in [0.25, 0.3) is 0 Å². The van der Waals surface area contributed by atoms with Crippen molar-refractivity contribution in [3.63, 3.8) is 0 Å². The van der Waals surface area contributed by atoms with E-state index in [0.717, 1.165) is 19.5 Å². The van der Waals surface area contributed by atoms with Crippen LogP contribution in [0.1, 0.15) is 26.2 Å². The summed E-state index contributed by atoms with van der Waals surface area (Å²) in [5, 5.41) is 3.57. The van der Waals surface area contributed by atoms with Crippen molar-refractivity contribution >= 4 is 5.91 Å². The fourth-order valence-electron chi connectivity index (χ4n) is 2.50. The molecule has 0 aromatic rings. The van der Waals surface area contributed by atoms with Gasteiger partial charge in [-0.15, -0.1) is 0 Å². The van der Waals surface area contributed by atoms with Gasteiger partial charge in [-0.1, -0.05) is 18.2 Å². The van der Waals surface area contributed by atoms with Crippen molar-refractivity contribution in [1.82, 2.24) is 10.2 Å². The first kappa shape index (κ1) is 11.4. The summed E-state index contributed by atoms with van der Waals surface area (Å²) < 4.78 is 0. The minimum Gasteiger partial charge on any atom is -0.338 e. The largest absolute Gasteiger partial charge is 0.338 e. The molecule has 2 heterocycles. The molecule has 1 N–H and O–H groups in total. The zero-order valence-corrected chi connectivity index (χ0v) is 9.86. The highest BCUT2D eigenvalue weighted by Crippen LogP contribution is 2.20. The smallest absolute Gasteiger partial charge is 0.246 e. The van der Waals surface area contributed by atoms with E-state index in [9.17, 15) is 4.79 Å². The Morgan fingerprint density at radius 3 is 2.88 bits per heavy atom. The van der Waals surface area contributed by atoms with E-state index in [1.54, 1.807) is 6.08 Å². The van der Waals surface area contributed by atoms with E-state index >= 15 is 0 Å². The summed E-state index contributed by atoms with van der Waals surface area (Å²) in [6, 6.07) is 1.16. The molecule has 2 aliphatic rings. The van der Waals surface area contributed by atoms with Gasteiger partial charge in [0, 0.05) is 31.2 Å². The predicted octanol–water partition coefficient (Wildman–Crippen LogP) is 1.47. The van der Waals surface area contributed by atoms with Crippen LogP contribution in [0, 0.1) is 0 Å². The van der Waals surface area contributed by atoms with Gasteiger partial charge in [-0.25, -0.2) is 0 Å². The van der Waals surface area contributed by atoms with Gasteiger partial charge in [0.05, 0.1) is 0 Å². The number of rotatable bonds is 2. The first-order valence-corrected chi connectivity index (χ1v) is 6.14. The number of hydrogen-bond donors (Lipinski definition) is 1. The number of carbonyl (C=O) groups excluding carboxylic acids is 1. The molecular weight excluding hydrogens is 200 g/mol. The molecule has 2 fully saturated rings. The van der Waals surface area contributed by atoms with Crippen molar-refractivity contribution in [3.8, 4) is 0 Å². The molecule has 2 atom stereocenters. The monoisotopic (exact) mass is 220 g/mol. The summed E-state index contributed by atoms with van der Waals surface area (Å²) >= 11 is 0. The van der Waals surface area contributed by atoms with E-state index in [1.165, 1.54) is 12.8 Å². The number of likely N-dealkylation sites (tertiary alicyclic amines) is 1. The van der Waals surface area contributed by atoms with Crippen LogP contribution >= 0.6 is 0 Å². The minimum atomic E-state index is 0.146. The second-order valence-corrected chi connectivity index (χ2v) is 4.60. The molecule has 1 amide bonds. The van der Waals surface area contributed by atoms with Gasteiger partial charge in [0.25, 0.3) is 0 Å². The Labute approximate surface area is 97.2 Å². The number of fused-ring (bicyclic) bond motifs is 2. The lowest BCUT2D eigenvalue weighted by Crippen LogP contribution is -2.38. The van der Waals surface area contributed by atoms with Gasteiger partial charge >= 0.3 is 0 Å². The van der Waals surface area contributed by atoms with Crippen molar-refractivity contribution in [2.75, 3.05) is 13.1 Å². The van der Waals surface area contributed by atoms with E-state index in [4.69, 9.17) is 0 Å². The van der Waals surface area contributed by atoms with Gasteiger partial charge < -0.3 is 10.2 Å². The summed E-state index contributed by atoms with van der Waals surface area (Å²) in [6.07, 6.45) is 10.9. The van der Waals surface area contributed by atoms with Crippen LogP contribution in [-0.4, -0.2) is 36.0 Å². The Hall–Kier alpha value is -1.09. The third-order valence-electron chi connectivity index (χ3n) is 3.38. The summed E-state index contributed by atoms with van der Waals surface area (Å²) in [5.41, 5.74) is 0. The van der Waals surface area contributed by atoms with Crippen LogP contribution in [0.3, 0.4) is 0 Å². The predicted molar refractivity (Wildman–Crippen MR) is 65.1 cm³/mol. The molecule has 2 rings (SSSR count). The van der Waals surface area contributed by atoms with E-state index in [-0.39, 0.29) is 5.91 Å². The number of nitrogens with one attached hydrogen (secondary N) is 1. The van der Waals surface area contributed by atoms with Gasteiger partial charge in [-0.05, 0) is 26.2 Å². The van der Waals surface area contributed by atoms with Crippen LogP contribution in [0.5, 0.6) is 0 Å². The quantitative estimate of drug-likeness (QED) is 0.564. The first-order chi connectivity index (χ1) is 7.79. The van der Waals surface area contributed by atoms with Crippen LogP contribution in [0.4, 0.5) is 0 Å². The topological polar surface area (TPSA) is 32.3 Å². The van der Waals surface area contributed by atoms with Crippen molar-refractivity contribution in [3.05, 3.63) is 24.3 Å². The standard InChI is InChI=1S/C13H20N2O/c1-2-3-4-5-13(16)15-9-8-11-6-7-12(10-15)14-11/h2-5,11-12,14H,6-10H2,1H3. The van der Waals surface area contributed by atoms with E-state index in [0.29, 0.717) is 12.1 Å². The molecule has 0 aromatic carbocycles. The number of allylic oxidation sites excluding steroid dienone is 3. The van der Waals surface area contributed by atoms with Crippen molar-refractivity contribution in [1.29, 1.82) is 0 Å². The Bertz CT molecular complexity index is 309. The molecule has 0 spiro atoms. The Morgan fingerprint density at radius 1 is 1.25 bits per heavy atom. The molecule has 16 heavy (non-hydrogen) atoms. The van der Waals surface area contributed by atoms with Crippen LogP contribution < -0.4 is 5.32 Å². The molecule has 0 radical (unpaired) electrons. The molecule has 3 nitrogen and oxygen atoms in total. The molecular formula is C13H20N2O. The minimum absolute atomic E-state index is 0.146. The van der Waals surface area contributed by atoms with Gasteiger partial charge in [0.2, 0.25) is 5.91 Å². The highest BCUT2D eigenvalue weighted by molar-refractivity contribution is 5.87. The highest BCUT2D eigenvalue weighted by Gasteiger charge is 2.30. The Kier molecular flexibility index (Phi) is 3.78. The number of nitrogens with zero attached hydrogens (tertiary/aromatic N) is 1. The van der Waals surface area contributed by atoms with Gasteiger partial charge in [-0.2, -0.15) is 0 Å². The third-order valence-corrected chi connectivity index (χ3v) is 3.38. The lowest BCUT2D eigenvalue weighted by Gasteiger charge is -2.22. The SMILES string of the molecule is CC=CC=CC(=O)N1CCC2CCC(C1)N2.